The highest BCUT2D eigenvalue weighted by molar-refractivity contribution is 14.1. The fraction of sp³-hybridized carbons (Fsp3) is 0.400. The Balaban J connectivity index is 3.01. The van der Waals surface area contributed by atoms with E-state index in [1.54, 1.807) is 12.1 Å². The summed E-state index contributed by atoms with van der Waals surface area (Å²) in [5.41, 5.74) is 6.68. The molecule has 1 rings (SSSR count). The number of benzene rings is 1. The molecule has 0 spiro atoms. The lowest BCUT2D eigenvalue weighted by atomic mass is 10.0. The number of halogens is 1. The summed E-state index contributed by atoms with van der Waals surface area (Å²) in [6.07, 6.45) is 1.38. The molecule has 82 valence electrons. The van der Waals surface area contributed by atoms with Gasteiger partial charge in [0.05, 0.1) is 4.92 Å². The van der Waals surface area contributed by atoms with Gasteiger partial charge >= 0.3 is 0 Å². The highest BCUT2D eigenvalue weighted by atomic mass is 127. The number of rotatable bonds is 4. The molecule has 1 aromatic carbocycles. The van der Waals surface area contributed by atoms with Crippen LogP contribution in [0.1, 0.15) is 18.9 Å². The third-order valence-electron chi connectivity index (χ3n) is 2.25. The Morgan fingerprint density at radius 3 is 2.80 bits per heavy atom. The Hall–Kier alpha value is -0.690. The SMILES string of the molecule is CCC(N)Cc1ccc(I)cc1[N+](=O)[O-]. The molecule has 0 saturated heterocycles. The quantitative estimate of drug-likeness (QED) is 0.526. The van der Waals surface area contributed by atoms with Gasteiger partial charge in [0.1, 0.15) is 0 Å². The number of hydrogen-bond acceptors (Lipinski definition) is 3. The molecule has 1 atom stereocenters. The molecule has 0 aliphatic rings. The lowest BCUT2D eigenvalue weighted by molar-refractivity contribution is -0.385. The number of nitrogens with zero attached hydrogens (tertiary/aromatic N) is 1. The summed E-state index contributed by atoms with van der Waals surface area (Å²) in [4.78, 5) is 10.5. The lowest BCUT2D eigenvalue weighted by Gasteiger charge is -2.08. The molecule has 0 heterocycles. The van der Waals surface area contributed by atoms with Crippen LogP contribution in [0.2, 0.25) is 0 Å². The minimum absolute atomic E-state index is 0.0104. The molecule has 0 fully saturated rings. The van der Waals surface area contributed by atoms with Gasteiger partial charge in [0.2, 0.25) is 0 Å². The van der Waals surface area contributed by atoms with Crippen LogP contribution in [0.3, 0.4) is 0 Å². The van der Waals surface area contributed by atoms with Crippen LogP contribution in [-0.2, 0) is 6.42 Å². The standard InChI is InChI=1S/C10H13IN2O2/c1-2-9(12)5-7-3-4-8(11)6-10(7)13(14)15/h3-4,6,9H,2,5,12H2,1H3. The summed E-state index contributed by atoms with van der Waals surface area (Å²) >= 11 is 2.06. The van der Waals surface area contributed by atoms with E-state index in [1.807, 2.05) is 13.0 Å². The summed E-state index contributed by atoms with van der Waals surface area (Å²) in [7, 11) is 0. The Bertz CT molecular complexity index is 368. The first-order chi connectivity index (χ1) is 7.04. The van der Waals surface area contributed by atoms with Crippen molar-refractivity contribution in [3.63, 3.8) is 0 Å². The minimum Gasteiger partial charge on any atom is -0.327 e. The highest BCUT2D eigenvalue weighted by Crippen LogP contribution is 2.22. The average molecular weight is 320 g/mol. The topological polar surface area (TPSA) is 69.2 Å². The molecule has 0 aliphatic heterocycles. The van der Waals surface area contributed by atoms with Crippen LogP contribution >= 0.6 is 22.6 Å². The van der Waals surface area contributed by atoms with Gasteiger partial charge in [-0.05, 0) is 41.5 Å². The van der Waals surface area contributed by atoms with Crippen molar-refractivity contribution in [2.45, 2.75) is 25.8 Å². The summed E-state index contributed by atoms with van der Waals surface area (Å²) in [6, 6.07) is 5.22. The van der Waals surface area contributed by atoms with E-state index >= 15 is 0 Å². The van der Waals surface area contributed by atoms with E-state index in [0.29, 0.717) is 6.42 Å². The summed E-state index contributed by atoms with van der Waals surface area (Å²) in [6.45, 7) is 1.98. The molecule has 0 aromatic heterocycles. The molecule has 15 heavy (non-hydrogen) atoms. The fourth-order valence-electron chi connectivity index (χ4n) is 1.31. The second-order valence-corrected chi connectivity index (χ2v) is 4.65. The third kappa shape index (κ3) is 3.42. The summed E-state index contributed by atoms with van der Waals surface area (Å²) in [5.74, 6) is 0. The molecule has 0 bridgehead atoms. The van der Waals surface area contributed by atoms with Crippen LogP contribution in [0.4, 0.5) is 5.69 Å². The Morgan fingerprint density at radius 2 is 2.27 bits per heavy atom. The van der Waals surface area contributed by atoms with Gasteiger partial charge in [-0.2, -0.15) is 0 Å². The van der Waals surface area contributed by atoms with Crippen molar-refractivity contribution in [2.24, 2.45) is 5.73 Å². The van der Waals surface area contributed by atoms with E-state index in [9.17, 15) is 10.1 Å². The number of hydrogen-bond donors (Lipinski definition) is 1. The van der Waals surface area contributed by atoms with Crippen molar-refractivity contribution in [3.8, 4) is 0 Å². The van der Waals surface area contributed by atoms with E-state index in [-0.39, 0.29) is 16.7 Å². The lowest BCUT2D eigenvalue weighted by Crippen LogP contribution is -2.21. The van der Waals surface area contributed by atoms with Gasteiger partial charge in [0.25, 0.3) is 5.69 Å². The predicted molar refractivity (Wildman–Crippen MR) is 67.8 cm³/mol. The Labute approximate surface area is 102 Å². The molecular weight excluding hydrogens is 307 g/mol. The molecule has 1 unspecified atom stereocenters. The Kier molecular flexibility index (Phi) is 4.46. The van der Waals surface area contributed by atoms with Crippen LogP contribution in [-0.4, -0.2) is 11.0 Å². The van der Waals surface area contributed by atoms with Crippen LogP contribution in [0.25, 0.3) is 0 Å². The van der Waals surface area contributed by atoms with Gasteiger partial charge in [-0.25, -0.2) is 0 Å². The molecule has 4 nitrogen and oxygen atoms in total. The zero-order valence-corrected chi connectivity index (χ0v) is 10.6. The first kappa shape index (κ1) is 12.4. The molecule has 0 saturated carbocycles. The summed E-state index contributed by atoms with van der Waals surface area (Å²) in [5, 5.41) is 10.8. The molecule has 1 aromatic rings. The maximum Gasteiger partial charge on any atom is 0.273 e. The normalized spacial score (nSPS) is 12.5. The maximum absolute atomic E-state index is 10.8. The smallest absolute Gasteiger partial charge is 0.273 e. The highest BCUT2D eigenvalue weighted by Gasteiger charge is 2.15. The zero-order chi connectivity index (χ0) is 11.4. The molecule has 0 amide bonds. The first-order valence-corrected chi connectivity index (χ1v) is 5.81. The van der Waals surface area contributed by atoms with Crippen molar-refractivity contribution >= 4 is 28.3 Å². The molecule has 0 aliphatic carbocycles. The largest absolute Gasteiger partial charge is 0.327 e. The van der Waals surface area contributed by atoms with Gasteiger partial charge in [0.15, 0.2) is 0 Å². The minimum atomic E-state index is -0.347. The fourth-order valence-corrected chi connectivity index (χ4v) is 1.78. The molecule has 5 heteroatoms. The molecule has 0 radical (unpaired) electrons. The number of nitro groups is 1. The third-order valence-corrected chi connectivity index (χ3v) is 2.92. The van der Waals surface area contributed by atoms with Gasteiger partial charge in [-0.1, -0.05) is 13.0 Å². The van der Waals surface area contributed by atoms with Crippen molar-refractivity contribution in [3.05, 3.63) is 37.4 Å². The monoisotopic (exact) mass is 320 g/mol. The summed E-state index contributed by atoms with van der Waals surface area (Å²) < 4.78 is 0.869. The second kappa shape index (κ2) is 5.41. The van der Waals surface area contributed by atoms with Gasteiger partial charge in [0, 0.05) is 21.2 Å². The van der Waals surface area contributed by atoms with Crippen molar-refractivity contribution in [1.29, 1.82) is 0 Å². The predicted octanol–water partition coefficient (Wildman–Crippen LogP) is 2.48. The van der Waals surface area contributed by atoms with Crippen LogP contribution in [0.15, 0.2) is 18.2 Å². The maximum atomic E-state index is 10.8. The van der Waals surface area contributed by atoms with E-state index in [1.165, 1.54) is 0 Å². The van der Waals surface area contributed by atoms with E-state index < -0.39 is 0 Å². The van der Waals surface area contributed by atoms with E-state index in [2.05, 4.69) is 22.6 Å². The number of nitro benzene ring substituents is 1. The van der Waals surface area contributed by atoms with Crippen molar-refractivity contribution in [2.75, 3.05) is 0 Å². The number of nitrogens with two attached hydrogens (primary N) is 1. The van der Waals surface area contributed by atoms with Gasteiger partial charge in [-0.15, -0.1) is 0 Å². The molecular formula is C10H13IN2O2. The van der Waals surface area contributed by atoms with Crippen molar-refractivity contribution in [1.82, 2.24) is 0 Å². The second-order valence-electron chi connectivity index (χ2n) is 3.40. The Morgan fingerprint density at radius 1 is 1.60 bits per heavy atom. The van der Waals surface area contributed by atoms with E-state index in [0.717, 1.165) is 15.6 Å². The average Bonchev–Trinajstić information content (AvgIpc) is 2.20. The molecule has 2 N–H and O–H groups in total. The van der Waals surface area contributed by atoms with Crippen molar-refractivity contribution < 1.29 is 4.92 Å². The van der Waals surface area contributed by atoms with Crippen LogP contribution < -0.4 is 5.73 Å². The van der Waals surface area contributed by atoms with Crippen LogP contribution in [0.5, 0.6) is 0 Å². The van der Waals surface area contributed by atoms with E-state index in [4.69, 9.17) is 5.73 Å². The van der Waals surface area contributed by atoms with Crippen LogP contribution in [0, 0.1) is 13.7 Å². The van der Waals surface area contributed by atoms with Gasteiger partial charge < -0.3 is 5.73 Å². The first-order valence-electron chi connectivity index (χ1n) is 4.73. The van der Waals surface area contributed by atoms with Gasteiger partial charge in [-0.3, -0.25) is 10.1 Å². The zero-order valence-electron chi connectivity index (χ0n) is 8.44.